The lowest BCUT2D eigenvalue weighted by molar-refractivity contribution is 0.595. The monoisotopic (exact) mass is 356 g/mol. The van der Waals surface area contributed by atoms with Crippen molar-refractivity contribution in [2.24, 2.45) is 0 Å². The number of para-hydroxylation sites is 1. The predicted octanol–water partition coefficient (Wildman–Crippen LogP) is 3.23. The number of halogens is 1. The fourth-order valence-electron chi connectivity index (χ4n) is 1.91. The van der Waals surface area contributed by atoms with Gasteiger partial charge < -0.3 is 5.32 Å². The van der Waals surface area contributed by atoms with Crippen LogP contribution < -0.4 is 5.32 Å². The summed E-state index contributed by atoms with van der Waals surface area (Å²) in [6, 6.07) is 9.88. The highest BCUT2D eigenvalue weighted by Crippen LogP contribution is 2.23. The molecule has 1 unspecified atom stereocenters. The number of aromatic nitrogens is 1. The summed E-state index contributed by atoms with van der Waals surface area (Å²) in [4.78, 5) is 4.55. The molecule has 2 rings (SSSR count). The number of benzene rings is 1. The van der Waals surface area contributed by atoms with Gasteiger partial charge in [-0.3, -0.25) is 0 Å². The first kappa shape index (κ1) is 15.3. The zero-order valence-electron chi connectivity index (χ0n) is 11.4. The zero-order valence-corrected chi connectivity index (χ0v) is 13.8. The van der Waals surface area contributed by atoms with Gasteiger partial charge in [0, 0.05) is 22.2 Å². The minimum absolute atomic E-state index is 0.0529. The van der Waals surface area contributed by atoms with Crippen LogP contribution in [0.25, 0.3) is 10.9 Å². The van der Waals surface area contributed by atoms with Gasteiger partial charge in [-0.15, -0.1) is 0 Å². The number of hydrogen-bond donors (Lipinski definition) is 1. The number of hydrogen-bond acceptors (Lipinski definition) is 4. The molecular weight excluding hydrogens is 340 g/mol. The SMILES string of the molecule is CC(CCS(C)(=O)=O)Nc1ccc2cccc(Br)c2n1. The van der Waals surface area contributed by atoms with Gasteiger partial charge in [0.1, 0.15) is 15.7 Å². The van der Waals surface area contributed by atoms with Crippen molar-refractivity contribution in [1.29, 1.82) is 0 Å². The van der Waals surface area contributed by atoms with E-state index in [1.54, 1.807) is 0 Å². The predicted molar refractivity (Wildman–Crippen MR) is 86.9 cm³/mol. The first-order valence-corrected chi connectivity index (χ1v) is 9.20. The van der Waals surface area contributed by atoms with Crippen LogP contribution in [-0.4, -0.2) is 31.5 Å². The Morgan fingerprint density at radius 1 is 1.30 bits per heavy atom. The number of nitrogens with zero attached hydrogens (tertiary/aromatic N) is 1. The highest BCUT2D eigenvalue weighted by atomic mass is 79.9. The molecule has 0 bridgehead atoms. The van der Waals surface area contributed by atoms with E-state index in [0.29, 0.717) is 6.42 Å². The molecule has 0 aliphatic heterocycles. The summed E-state index contributed by atoms with van der Waals surface area (Å²) in [6.45, 7) is 1.96. The Morgan fingerprint density at radius 3 is 2.75 bits per heavy atom. The van der Waals surface area contributed by atoms with Crippen molar-refractivity contribution in [3.05, 3.63) is 34.8 Å². The maximum atomic E-state index is 11.2. The van der Waals surface area contributed by atoms with Crippen LogP contribution in [0.3, 0.4) is 0 Å². The second-order valence-corrected chi connectivity index (χ2v) is 8.09. The lowest BCUT2D eigenvalue weighted by Crippen LogP contribution is -2.20. The summed E-state index contributed by atoms with van der Waals surface area (Å²) in [5.41, 5.74) is 0.896. The summed E-state index contributed by atoms with van der Waals surface area (Å²) in [6.07, 6.45) is 1.82. The topological polar surface area (TPSA) is 59.1 Å². The van der Waals surface area contributed by atoms with Crippen LogP contribution in [0.1, 0.15) is 13.3 Å². The van der Waals surface area contributed by atoms with Gasteiger partial charge in [-0.2, -0.15) is 0 Å². The Hall–Kier alpha value is -1.14. The van der Waals surface area contributed by atoms with Crippen molar-refractivity contribution < 1.29 is 8.42 Å². The van der Waals surface area contributed by atoms with Crippen LogP contribution in [0.15, 0.2) is 34.8 Å². The van der Waals surface area contributed by atoms with Gasteiger partial charge in [0.05, 0.1) is 11.3 Å². The van der Waals surface area contributed by atoms with Gasteiger partial charge in [0.2, 0.25) is 0 Å². The molecule has 0 saturated carbocycles. The maximum absolute atomic E-state index is 11.2. The Labute approximate surface area is 127 Å². The van der Waals surface area contributed by atoms with Crippen LogP contribution in [0.5, 0.6) is 0 Å². The van der Waals surface area contributed by atoms with Crippen molar-refractivity contribution in [3.8, 4) is 0 Å². The van der Waals surface area contributed by atoms with Gasteiger partial charge >= 0.3 is 0 Å². The molecule has 1 atom stereocenters. The third-order valence-electron chi connectivity index (χ3n) is 2.99. The van der Waals surface area contributed by atoms with Crippen LogP contribution in [0.4, 0.5) is 5.82 Å². The van der Waals surface area contributed by atoms with Crippen molar-refractivity contribution in [1.82, 2.24) is 4.98 Å². The molecule has 2 aromatic rings. The molecule has 0 saturated heterocycles. The van der Waals surface area contributed by atoms with Gasteiger partial charge in [0.25, 0.3) is 0 Å². The van der Waals surface area contributed by atoms with E-state index in [-0.39, 0.29) is 11.8 Å². The Morgan fingerprint density at radius 2 is 2.05 bits per heavy atom. The lowest BCUT2D eigenvalue weighted by Gasteiger charge is -2.14. The van der Waals surface area contributed by atoms with E-state index < -0.39 is 9.84 Å². The normalized spacial score (nSPS) is 13.3. The molecule has 0 radical (unpaired) electrons. The van der Waals surface area contributed by atoms with E-state index in [0.717, 1.165) is 21.2 Å². The van der Waals surface area contributed by atoms with Crippen LogP contribution >= 0.6 is 15.9 Å². The van der Waals surface area contributed by atoms with E-state index in [2.05, 4.69) is 26.2 Å². The molecule has 0 spiro atoms. The Bertz CT molecular complexity index is 716. The fraction of sp³-hybridized carbons (Fsp3) is 0.357. The van der Waals surface area contributed by atoms with Crippen LogP contribution in [0.2, 0.25) is 0 Å². The van der Waals surface area contributed by atoms with Gasteiger partial charge in [0.15, 0.2) is 0 Å². The summed E-state index contributed by atoms with van der Waals surface area (Å²) >= 11 is 3.48. The van der Waals surface area contributed by atoms with Crippen molar-refractivity contribution in [2.75, 3.05) is 17.3 Å². The second-order valence-electron chi connectivity index (χ2n) is 4.97. The van der Waals surface area contributed by atoms with E-state index >= 15 is 0 Å². The van der Waals surface area contributed by atoms with Gasteiger partial charge in [-0.1, -0.05) is 12.1 Å². The smallest absolute Gasteiger partial charge is 0.147 e. The quantitative estimate of drug-likeness (QED) is 0.893. The fourth-order valence-corrected chi connectivity index (χ4v) is 3.16. The third-order valence-corrected chi connectivity index (χ3v) is 4.60. The van der Waals surface area contributed by atoms with E-state index in [4.69, 9.17) is 0 Å². The Kier molecular flexibility index (Phi) is 4.65. The molecule has 6 heteroatoms. The summed E-state index contributed by atoms with van der Waals surface area (Å²) in [5.74, 6) is 0.934. The summed E-state index contributed by atoms with van der Waals surface area (Å²) < 4.78 is 23.3. The first-order valence-electron chi connectivity index (χ1n) is 6.35. The van der Waals surface area contributed by atoms with Crippen LogP contribution in [-0.2, 0) is 9.84 Å². The van der Waals surface area contributed by atoms with E-state index in [1.807, 2.05) is 37.3 Å². The van der Waals surface area contributed by atoms with Crippen molar-refractivity contribution in [2.45, 2.75) is 19.4 Å². The molecule has 20 heavy (non-hydrogen) atoms. The number of pyridine rings is 1. The van der Waals surface area contributed by atoms with Gasteiger partial charge in [-0.05, 0) is 47.5 Å². The minimum Gasteiger partial charge on any atom is -0.368 e. The summed E-state index contributed by atoms with van der Waals surface area (Å²) in [7, 11) is -2.92. The highest BCUT2D eigenvalue weighted by molar-refractivity contribution is 9.10. The highest BCUT2D eigenvalue weighted by Gasteiger charge is 2.09. The number of anilines is 1. The number of rotatable bonds is 5. The number of sulfone groups is 1. The molecule has 0 fully saturated rings. The molecular formula is C14H17BrN2O2S. The molecule has 108 valence electrons. The third kappa shape index (κ3) is 4.18. The minimum atomic E-state index is -2.92. The first-order chi connectivity index (χ1) is 9.35. The molecule has 0 aliphatic carbocycles. The van der Waals surface area contributed by atoms with Crippen molar-refractivity contribution in [3.63, 3.8) is 0 Å². The molecule has 0 aliphatic rings. The maximum Gasteiger partial charge on any atom is 0.147 e. The molecule has 4 nitrogen and oxygen atoms in total. The molecule has 1 aromatic carbocycles. The largest absolute Gasteiger partial charge is 0.368 e. The number of nitrogens with one attached hydrogen (secondary N) is 1. The van der Waals surface area contributed by atoms with Crippen molar-refractivity contribution >= 4 is 42.5 Å². The van der Waals surface area contributed by atoms with Crippen LogP contribution in [0, 0.1) is 0 Å². The number of fused-ring (bicyclic) bond motifs is 1. The molecule has 1 heterocycles. The summed E-state index contributed by atoms with van der Waals surface area (Å²) in [5, 5.41) is 4.30. The van der Waals surface area contributed by atoms with E-state index in [1.165, 1.54) is 6.26 Å². The average Bonchev–Trinajstić information content (AvgIpc) is 2.37. The average molecular weight is 357 g/mol. The van der Waals surface area contributed by atoms with E-state index in [9.17, 15) is 8.42 Å². The molecule has 0 amide bonds. The standard InChI is InChI=1S/C14H17BrN2O2S/c1-10(8-9-20(2,18)19)16-13-7-6-11-4-3-5-12(15)14(11)17-13/h3-7,10H,8-9H2,1-2H3,(H,16,17). The Balaban J connectivity index is 2.12. The zero-order chi connectivity index (χ0) is 14.8. The molecule has 1 aromatic heterocycles. The lowest BCUT2D eigenvalue weighted by atomic mass is 10.2. The van der Waals surface area contributed by atoms with Gasteiger partial charge in [-0.25, -0.2) is 13.4 Å². The molecule has 1 N–H and O–H groups in total. The second kappa shape index (κ2) is 6.10.